The SMILES string of the molecule is CC(=O)Nc1cccc(CNC(=O)c2cc(C)nc3c2c(C)nn3C)c1. The zero-order valence-electron chi connectivity index (χ0n) is 15.3. The van der Waals surface area contributed by atoms with Gasteiger partial charge in [-0.3, -0.25) is 14.3 Å². The zero-order chi connectivity index (χ0) is 18.8. The van der Waals surface area contributed by atoms with Crippen molar-refractivity contribution in [2.75, 3.05) is 5.32 Å². The second kappa shape index (κ2) is 6.95. The predicted octanol–water partition coefficient (Wildman–Crippen LogP) is 2.47. The maximum absolute atomic E-state index is 12.8. The fraction of sp³-hybridized carbons (Fsp3) is 0.263. The Hall–Kier alpha value is -3.22. The van der Waals surface area contributed by atoms with Crippen LogP contribution in [0.4, 0.5) is 5.69 Å². The van der Waals surface area contributed by atoms with Gasteiger partial charge in [-0.15, -0.1) is 0 Å². The predicted molar refractivity (Wildman–Crippen MR) is 99.9 cm³/mol. The molecule has 7 heteroatoms. The van der Waals surface area contributed by atoms with Gasteiger partial charge < -0.3 is 10.6 Å². The minimum absolute atomic E-state index is 0.132. The number of aryl methyl sites for hydroxylation is 3. The molecule has 2 aromatic heterocycles. The quantitative estimate of drug-likeness (QED) is 0.756. The second-order valence-electron chi connectivity index (χ2n) is 6.28. The first-order valence-electron chi connectivity index (χ1n) is 8.31. The second-order valence-corrected chi connectivity index (χ2v) is 6.28. The molecule has 26 heavy (non-hydrogen) atoms. The van der Waals surface area contributed by atoms with E-state index >= 15 is 0 Å². The molecule has 134 valence electrons. The molecule has 0 spiro atoms. The largest absolute Gasteiger partial charge is 0.348 e. The number of pyridine rings is 1. The molecule has 0 aliphatic heterocycles. The number of hydrogen-bond donors (Lipinski definition) is 2. The summed E-state index contributed by atoms with van der Waals surface area (Å²) in [7, 11) is 1.82. The van der Waals surface area contributed by atoms with E-state index in [9.17, 15) is 9.59 Å². The van der Waals surface area contributed by atoms with E-state index in [2.05, 4.69) is 20.7 Å². The van der Waals surface area contributed by atoms with Crippen molar-refractivity contribution in [1.29, 1.82) is 0 Å². The van der Waals surface area contributed by atoms with Gasteiger partial charge in [-0.05, 0) is 37.6 Å². The van der Waals surface area contributed by atoms with Gasteiger partial charge in [0.05, 0.1) is 16.6 Å². The molecule has 3 aromatic rings. The van der Waals surface area contributed by atoms with Crippen LogP contribution in [0.1, 0.15) is 34.2 Å². The number of nitrogens with zero attached hydrogens (tertiary/aromatic N) is 3. The minimum atomic E-state index is -0.179. The van der Waals surface area contributed by atoms with Crippen LogP contribution >= 0.6 is 0 Å². The fourth-order valence-electron chi connectivity index (χ4n) is 2.99. The zero-order valence-corrected chi connectivity index (χ0v) is 15.3. The first-order chi connectivity index (χ1) is 12.3. The summed E-state index contributed by atoms with van der Waals surface area (Å²) in [5.41, 5.74) is 4.39. The van der Waals surface area contributed by atoms with Crippen LogP contribution in [0, 0.1) is 13.8 Å². The molecule has 0 aliphatic rings. The molecule has 0 atom stereocenters. The van der Waals surface area contributed by atoms with Gasteiger partial charge in [0, 0.05) is 31.9 Å². The maximum atomic E-state index is 12.8. The van der Waals surface area contributed by atoms with Crippen LogP contribution < -0.4 is 10.6 Å². The molecule has 7 nitrogen and oxygen atoms in total. The normalized spacial score (nSPS) is 10.8. The minimum Gasteiger partial charge on any atom is -0.348 e. The van der Waals surface area contributed by atoms with Crippen LogP contribution in [0.3, 0.4) is 0 Å². The lowest BCUT2D eigenvalue weighted by Crippen LogP contribution is -2.23. The Morgan fingerprint density at radius 1 is 1.19 bits per heavy atom. The molecule has 0 aliphatic carbocycles. The highest BCUT2D eigenvalue weighted by molar-refractivity contribution is 6.06. The summed E-state index contributed by atoms with van der Waals surface area (Å²) < 4.78 is 1.69. The molecule has 0 radical (unpaired) electrons. The summed E-state index contributed by atoms with van der Waals surface area (Å²) in [5, 5.41) is 10.8. The van der Waals surface area contributed by atoms with E-state index in [0.29, 0.717) is 23.4 Å². The Labute approximate surface area is 151 Å². The molecule has 0 saturated carbocycles. The van der Waals surface area contributed by atoms with Crippen LogP contribution in [0.15, 0.2) is 30.3 Å². The first-order valence-corrected chi connectivity index (χ1v) is 8.31. The van der Waals surface area contributed by atoms with Crippen LogP contribution in [0.2, 0.25) is 0 Å². The van der Waals surface area contributed by atoms with Crippen LogP contribution in [0.25, 0.3) is 11.0 Å². The first kappa shape index (κ1) is 17.6. The summed E-state index contributed by atoms with van der Waals surface area (Å²) in [5.74, 6) is -0.311. The molecule has 0 unspecified atom stereocenters. The van der Waals surface area contributed by atoms with E-state index in [-0.39, 0.29) is 11.8 Å². The number of fused-ring (bicyclic) bond motifs is 1. The Bertz CT molecular complexity index is 1010. The highest BCUT2D eigenvalue weighted by Gasteiger charge is 2.17. The van der Waals surface area contributed by atoms with E-state index in [1.807, 2.05) is 45.2 Å². The molecule has 3 rings (SSSR count). The summed E-state index contributed by atoms with van der Waals surface area (Å²) >= 11 is 0. The van der Waals surface area contributed by atoms with Gasteiger partial charge in [0.15, 0.2) is 5.65 Å². The van der Waals surface area contributed by atoms with E-state index < -0.39 is 0 Å². The van der Waals surface area contributed by atoms with Crippen LogP contribution in [0.5, 0.6) is 0 Å². The van der Waals surface area contributed by atoms with Crippen molar-refractivity contribution in [3.63, 3.8) is 0 Å². The number of benzene rings is 1. The Morgan fingerprint density at radius 2 is 1.96 bits per heavy atom. The smallest absolute Gasteiger partial charge is 0.252 e. The Balaban J connectivity index is 1.83. The van der Waals surface area contributed by atoms with E-state index in [1.54, 1.807) is 10.7 Å². The summed E-state index contributed by atoms with van der Waals surface area (Å²) in [6.07, 6.45) is 0. The molecule has 0 bridgehead atoms. The van der Waals surface area contributed by atoms with Crippen molar-refractivity contribution in [3.05, 3.63) is 52.8 Å². The number of amides is 2. The number of aromatic nitrogens is 3. The van der Waals surface area contributed by atoms with Crippen molar-refractivity contribution >= 4 is 28.5 Å². The van der Waals surface area contributed by atoms with E-state index in [0.717, 1.165) is 22.3 Å². The number of nitrogens with one attached hydrogen (secondary N) is 2. The molecule has 0 fully saturated rings. The molecule has 0 saturated heterocycles. The van der Waals surface area contributed by atoms with Crippen LogP contribution in [-0.2, 0) is 18.4 Å². The summed E-state index contributed by atoms with van der Waals surface area (Å²) in [4.78, 5) is 28.4. The maximum Gasteiger partial charge on any atom is 0.252 e. The standard InChI is InChI=1S/C19H21N5O2/c1-11-8-16(17-12(2)23-24(4)18(17)21-11)19(26)20-10-14-6-5-7-15(9-14)22-13(3)25/h5-9H,10H2,1-4H3,(H,20,26)(H,22,25). The van der Waals surface area contributed by atoms with Gasteiger partial charge in [-0.25, -0.2) is 4.98 Å². The third kappa shape index (κ3) is 3.56. The lowest BCUT2D eigenvalue weighted by atomic mass is 10.1. The summed E-state index contributed by atoms with van der Waals surface area (Å²) in [6.45, 7) is 5.54. The lowest BCUT2D eigenvalue weighted by Gasteiger charge is -2.09. The topological polar surface area (TPSA) is 88.9 Å². The van der Waals surface area contributed by atoms with Gasteiger partial charge in [-0.2, -0.15) is 5.10 Å². The molecule has 2 heterocycles. The van der Waals surface area contributed by atoms with Crippen molar-refractivity contribution < 1.29 is 9.59 Å². The lowest BCUT2D eigenvalue weighted by molar-refractivity contribution is -0.114. The van der Waals surface area contributed by atoms with Gasteiger partial charge in [0.1, 0.15) is 0 Å². The number of carbonyl (C=O) groups is 2. The Morgan fingerprint density at radius 3 is 2.69 bits per heavy atom. The van der Waals surface area contributed by atoms with Gasteiger partial charge >= 0.3 is 0 Å². The van der Waals surface area contributed by atoms with Gasteiger partial charge in [0.2, 0.25) is 5.91 Å². The van der Waals surface area contributed by atoms with Gasteiger partial charge in [-0.1, -0.05) is 12.1 Å². The number of hydrogen-bond acceptors (Lipinski definition) is 4. The monoisotopic (exact) mass is 351 g/mol. The molecule has 2 amide bonds. The van der Waals surface area contributed by atoms with E-state index in [4.69, 9.17) is 0 Å². The van der Waals surface area contributed by atoms with Crippen LogP contribution in [-0.4, -0.2) is 26.6 Å². The highest BCUT2D eigenvalue weighted by atomic mass is 16.2. The number of carbonyl (C=O) groups excluding carboxylic acids is 2. The average molecular weight is 351 g/mol. The number of rotatable bonds is 4. The third-order valence-corrected chi connectivity index (χ3v) is 4.04. The molecule has 2 N–H and O–H groups in total. The van der Waals surface area contributed by atoms with Gasteiger partial charge in [0.25, 0.3) is 5.91 Å². The fourth-order valence-corrected chi connectivity index (χ4v) is 2.99. The van der Waals surface area contributed by atoms with E-state index in [1.165, 1.54) is 6.92 Å². The Kier molecular flexibility index (Phi) is 4.71. The van der Waals surface area contributed by atoms with Crippen molar-refractivity contribution in [1.82, 2.24) is 20.1 Å². The highest BCUT2D eigenvalue weighted by Crippen LogP contribution is 2.21. The molecule has 1 aromatic carbocycles. The van der Waals surface area contributed by atoms with Crippen molar-refractivity contribution in [2.45, 2.75) is 27.3 Å². The average Bonchev–Trinajstić information content (AvgIpc) is 2.86. The van der Waals surface area contributed by atoms with Crippen molar-refractivity contribution in [2.24, 2.45) is 7.05 Å². The molecular weight excluding hydrogens is 330 g/mol. The van der Waals surface area contributed by atoms with Crippen molar-refractivity contribution in [3.8, 4) is 0 Å². The molecular formula is C19H21N5O2. The number of anilines is 1. The third-order valence-electron chi connectivity index (χ3n) is 4.04. The summed E-state index contributed by atoms with van der Waals surface area (Å²) in [6, 6.07) is 9.16.